The highest BCUT2D eigenvalue weighted by atomic mass is 35.5. The van der Waals surface area contributed by atoms with Crippen molar-refractivity contribution in [2.24, 2.45) is 5.73 Å². The van der Waals surface area contributed by atoms with Gasteiger partial charge in [0.05, 0.1) is 23.4 Å². The quantitative estimate of drug-likeness (QED) is 0.707. The molecular formula is C21H25ClN6O3. The zero-order valence-electron chi connectivity index (χ0n) is 17.2. The minimum Gasteiger partial charge on any atom is -0.390 e. The maximum Gasteiger partial charge on any atom is 0.253 e. The molecule has 2 saturated heterocycles. The third-order valence-corrected chi connectivity index (χ3v) is 6.19. The number of rotatable bonds is 4. The van der Waals surface area contributed by atoms with Crippen molar-refractivity contribution in [2.75, 3.05) is 44.2 Å². The molecule has 0 radical (unpaired) electrons. The standard InChI is InChI=1S/C21H25ClN6O3/c1-13-16(19(23)30)10-24-21(25-13)28-11-17(18(29)12-28)26-6-8-27(9-7-26)20(31)14-2-4-15(22)5-3-14/h2-5,10,17-18,29H,6-9,11-12H2,1H3,(H2,23,30)/t17-,18-/m1/s1. The van der Waals surface area contributed by atoms with E-state index in [2.05, 4.69) is 14.9 Å². The van der Waals surface area contributed by atoms with Crippen LogP contribution >= 0.6 is 11.6 Å². The number of halogens is 1. The number of aromatic nitrogens is 2. The summed E-state index contributed by atoms with van der Waals surface area (Å²) in [5.41, 5.74) is 6.76. The second kappa shape index (κ2) is 8.78. The summed E-state index contributed by atoms with van der Waals surface area (Å²) in [6.45, 7) is 5.23. The zero-order chi connectivity index (χ0) is 22.1. The van der Waals surface area contributed by atoms with Gasteiger partial charge in [-0.2, -0.15) is 0 Å². The Balaban J connectivity index is 1.37. The highest BCUT2D eigenvalue weighted by Crippen LogP contribution is 2.23. The van der Waals surface area contributed by atoms with E-state index in [9.17, 15) is 14.7 Å². The van der Waals surface area contributed by atoms with E-state index in [-0.39, 0.29) is 11.9 Å². The van der Waals surface area contributed by atoms with Crippen LogP contribution < -0.4 is 10.6 Å². The number of β-amino-alcohol motifs (C(OH)–C–C–N with tert-alkyl or cyclic N) is 1. The predicted octanol–water partition coefficient (Wildman–Crippen LogP) is 0.545. The summed E-state index contributed by atoms with van der Waals surface area (Å²) in [5, 5.41) is 11.3. The monoisotopic (exact) mass is 444 g/mol. The van der Waals surface area contributed by atoms with E-state index >= 15 is 0 Å². The molecule has 2 aromatic rings. The minimum absolute atomic E-state index is 0.0108. The van der Waals surface area contributed by atoms with Gasteiger partial charge in [-0.25, -0.2) is 9.97 Å². The normalized spacial score (nSPS) is 22.0. The Kier molecular flexibility index (Phi) is 6.08. The second-order valence-electron chi connectivity index (χ2n) is 7.91. The first-order valence-electron chi connectivity index (χ1n) is 10.2. The van der Waals surface area contributed by atoms with Crippen LogP contribution in [0.5, 0.6) is 0 Å². The molecule has 0 saturated carbocycles. The van der Waals surface area contributed by atoms with Crippen LogP contribution in [0.25, 0.3) is 0 Å². The Morgan fingerprint density at radius 3 is 2.42 bits per heavy atom. The maximum absolute atomic E-state index is 12.7. The molecule has 2 atom stereocenters. The highest BCUT2D eigenvalue weighted by molar-refractivity contribution is 6.30. The molecule has 2 aliphatic heterocycles. The van der Waals surface area contributed by atoms with Crippen LogP contribution in [0.3, 0.4) is 0 Å². The van der Waals surface area contributed by atoms with E-state index in [0.717, 1.165) is 0 Å². The van der Waals surface area contributed by atoms with E-state index in [4.69, 9.17) is 17.3 Å². The first-order valence-corrected chi connectivity index (χ1v) is 10.6. The molecule has 10 heteroatoms. The van der Waals surface area contributed by atoms with E-state index < -0.39 is 12.0 Å². The van der Waals surface area contributed by atoms with Crippen molar-refractivity contribution in [1.82, 2.24) is 19.8 Å². The molecular weight excluding hydrogens is 420 g/mol. The molecule has 31 heavy (non-hydrogen) atoms. The fraction of sp³-hybridized carbons (Fsp3) is 0.429. The van der Waals surface area contributed by atoms with Crippen molar-refractivity contribution in [3.63, 3.8) is 0 Å². The molecule has 2 aliphatic rings. The van der Waals surface area contributed by atoms with Crippen LogP contribution in [-0.2, 0) is 0 Å². The van der Waals surface area contributed by atoms with Crippen LogP contribution in [0, 0.1) is 6.92 Å². The molecule has 0 spiro atoms. The summed E-state index contributed by atoms with van der Waals surface area (Å²) in [4.78, 5) is 38.7. The molecule has 1 aromatic heterocycles. The molecule has 3 heterocycles. The topological polar surface area (TPSA) is 116 Å². The number of carbonyl (C=O) groups is 2. The molecule has 164 valence electrons. The number of carbonyl (C=O) groups excluding carboxylic acids is 2. The van der Waals surface area contributed by atoms with Crippen molar-refractivity contribution >= 4 is 29.4 Å². The van der Waals surface area contributed by atoms with Gasteiger partial charge >= 0.3 is 0 Å². The van der Waals surface area contributed by atoms with Gasteiger partial charge in [0, 0.05) is 56.1 Å². The first-order chi connectivity index (χ1) is 14.8. The number of hydrogen-bond acceptors (Lipinski definition) is 7. The number of benzene rings is 1. The number of nitrogens with two attached hydrogens (primary N) is 1. The fourth-order valence-electron chi connectivity index (χ4n) is 4.17. The van der Waals surface area contributed by atoms with Gasteiger partial charge < -0.3 is 20.6 Å². The molecule has 0 aliphatic carbocycles. The lowest BCUT2D eigenvalue weighted by Gasteiger charge is -2.38. The largest absolute Gasteiger partial charge is 0.390 e. The molecule has 9 nitrogen and oxygen atoms in total. The number of aliphatic hydroxyl groups is 1. The van der Waals surface area contributed by atoms with Gasteiger partial charge in [-0.05, 0) is 31.2 Å². The van der Waals surface area contributed by atoms with Gasteiger partial charge in [0.2, 0.25) is 5.95 Å². The third kappa shape index (κ3) is 4.48. The van der Waals surface area contributed by atoms with Crippen LogP contribution in [-0.4, -0.2) is 88.1 Å². The van der Waals surface area contributed by atoms with Crippen molar-refractivity contribution < 1.29 is 14.7 Å². The summed E-state index contributed by atoms with van der Waals surface area (Å²) in [6.07, 6.45) is 0.874. The Morgan fingerprint density at radius 1 is 1.13 bits per heavy atom. The number of piperazine rings is 1. The van der Waals surface area contributed by atoms with Crippen LogP contribution in [0.2, 0.25) is 5.02 Å². The average molecular weight is 445 g/mol. The molecule has 4 rings (SSSR count). The van der Waals surface area contributed by atoms with Crippen molar-refractivity contribution in [3.8, 4) is 0 Å². The van der Waals surface area contributed by atoms with Gasteiger partial charge in [-0.15, -0.1) is 0 Å². The van der Waals surface area contributed by atoms with E-state index in [1.807, 2.05) is 9.80 Å². The van der Waals surface area contributed by atoms with Crippen LogP contribution in [0.4, 0.5) is 5.95 Å². The molecule has 0 unspecified atom stereocenters. The summed E-state index contributed by atoms with van der Waals surface area (Å²) in [6, 6.07) is 6.83. The van der Waals surface area contributed by atoms with E-state index in [1.54, 1.807) is 31.2 Å². The van der Waals surface area contributed by atoms with E-state index in [1.165, 1.54) is 6.20 Å². The first kappa shape index (κ1) is 21.5. The van der Waals surface area contributed by atoms with Crippen molar-refractivity contribution in [1.29, 1.82) is 0 Å². The molecule has 3 N–H and O–H groups in total. The summed E-state index contributed by atoms with van der Waals surface area (Å²) < 4.78 is 0. The lowest BCUT2D eigenvalue weighted by atomic mass is 10.1. The van der Waals surface area contributed by atoms with Crippen LogP contribution in [0.1, 0.15) is 26.4 Å². The number of amides is 2. The number of nitrogens with zero attached hydrogens (tertiary/aromatic N) is 5. The number of hydrogen-bond donors (Lipinski definition) is 2. The Hall–Kier alpha value is -2.75. The van der Waals surface area contributed by atoms with Crippen molar-refractivity contribution in [2.45, 2.75) is 19.1 Å². The number of anilines is 1. The summed E-state index contributed by atoms with van der Waals surface area (Å²) >= 11 is 5.91. The summed E-state index contributed by atoms with van der Waals surface area (Å²) in [5.74, 6) is -0.0988. The number of aryl methyl sites for hydroxylation is 1. The Bertz CT molecular complexity index is 978. The maximum atomic E-state index is 12.7. The molecule has 2 fully saturated rings. The highest BCUT2D eigenvalue weighted by Gasteiger charge is 2.38. The molecule has 2 amide bonds. The Labute approximate surface area is 185 Å². The lowest BCUT2D eigenvalue weighted by Crippen LogP contribution is -2.54. The van der Waals surface area contributed by atoms with Gasteiger partial charge in [0.15, 0.2) is 0 Å². The number of primary amides is 1. The third-order valence-electron chi connectivity index (χ3n) is 5.94. The average Bonchev–Trinajstić information content (AvgIpc) is 3.15. The lowest BCUT2D eigenvalue weighted by molar-refractivity contribution is 0.0376. The Morgan fingerprint density at radius 2 is 1.81 bits per heavy atom. The van der Waals surface area contributed by atoms with Crippen LogP contribution in [0.15, 0.2) is 30.5 Å². The molecule has 0 bridgehead atoms. The smallest absolute Gasteiger partial charge is 0.253 e. The SMILES string of the molecule is Cc1nc(N2C[C@@H](O)[C@H](N3CCN(C(=O)c4ccc(Cl)cc4)CC3)C2)ncc1C(N)=O. The van der Waals surface area contributed by atoms with E-state index in [0.29, 0.717) is 67.1 Å². The predicted molar refractivity (Wildman–Crippen MR) is 116 cm³/mol. The van der Waals surface area contributed by atoms with Gasteiger partial charge in [0.1, 0.15) is 0 Å². The van der Waals surface area contributed by atoms with Gasteiger partial charge in [-0.1, -0.05) is 11.6 Å². The number of aliphatic hydroxyl groups excluding tert-OH is 1. The minimum atomic E-state index is -0.561. The summed E-state index contributed by atoms with van der Waals surface area (Å²) in [7, 11) is 0. The van der Waals surface area contributed by atoms with Crippen molar-refractivity contribution in [3.05, 3.63) is 52.3 Å². The molecule has 1 aromatic carbocycles. The second-order valence-corrected chi connectivity index (χ2v) is 8.34. The van der Waals surface area contributed by atoms with Gasteiger partial charge in [0.25, 0.3) is 11.8 Å². The van der Waals surface area contributed by atoms with Gasteiger partial charge in [-0.3, -0.25) is 14.5 Å². The fourth-order valence-corrected chi connectivity index (χ4v) is 4.30. The zero-order valence-corrected chi connectivity index (χ0v) is 18.0.